The number of benzene rings is 1. The Labute approximate surface area is 210 Å². The first-order valence-corrected chi connectivity index (χ1v) is 14.2. The van der Waals surface area contributed by atoms with Gasteiger partial charge >= 0.3 is 0 Å². The van der Waals surface area contributed by atoms with Crippen LogP contribution in [0.5, 0.6) is 0 Å². The van der Waals surface area contributed by atoms with Crippen LogP contribution in [0, 0.1) is 0 Å². The van der Waals surface area contributed by atoms with Gasteiger partial charge in [-0.3, -0.25) is 0 Å². The maximum Gasteiger partial charge on any atom is 0.274 e. The van der Waals surface area contributed by atoms with Crippen LogP contribution in [-0.4, -0.2) is 53.3 Å². The maximum absolute atomic E-state index is 11.0. The highest BCUT2D eigenvalue weighted by Gasteiger charge is 2.21. The summed E-state index contributed by atoms with van der Waals surface area (Å²) in [5.74, 6) is 2.18. The molecule has 0 radical (unpaired) electrons. The number of aryl methyl sites for hydroxylation is 1. The number of aromatic nitrogens is 4. The number of imidazole rings is 1. The molecule has 5 rings (SSSR count). The van der Waals surface area contributed by atoms with E-state index in [1.165, 1.54) is 28.5 Å². The maximum atomic E-state index is 11.0. The summed E-state index contributed by atoms with van der Waals surface area (Å²) in [6, 6.07) is 8.24. The molecule has 0 bridgehead atoms. The summed E-state index contributed by atoms with van der Waals surface area (Å²) in [5.41, 5.74) is 9.61. The standard InChI is InChI=1S/C21H24N8O3S3/c22-19-18-20(26-12-25-19)29(7-6-24-4-5-27-35(23,30)31)21(28-18)34-17-10-13-3-9-33-16(13)11-14(17)15-2-1-8-32-15/h1-2,8,10-12,24,27H,3-7,9H2,(H2,22,25,26)(H2,23,30,31). The average Bonchev–Trinajstić information content (AvgIpc) is 3.56. The van der Waals surface area contributed by atoms with E-state index in [2.05, 4.69) is 32.1 Å². The fraction of sp³-hybridized carbons (Fsp3) is 0.286. The number of nitrogens with two attached hydrogens (primary N) is 2. The van der Waals surface area contributed by atoms with Gasteiger partial charge in [-0.15, -0.1) is 11.8 Å². The van der Waals surface area contributed by atoms with Gasteiger partial charge in [0.1, 0.15) is 12.1 Å². The van der Waals surface area contributed by atoms with Crippen LogP contribution < -0.4 is 20.9 Å². The smallest absolute Gasteiger partial charge is 0.274 e. The van der Waals surface area contributed by atoms with Crippen molar-refractivity contribution in [1.29, 1.82) is 0 Å². The topological polar surface area (TPSA) is 167 Å². The summed E-state index contributed by atoms with van der Waals surface area (Å²) in [6.07, 6.45) is 4.12. The highest BCUT2D eigenvalue weighted by Crippen LogP contribution is 2.43. The van der Waals surface area contributed by atoms with Crippen LogP contribution in [0.4, 0.5) is 5.82 Å². The monoisotopic (exact) mass is 532 g/mol. The van der Waals surface area contributed by atoms with Crippen LogP contribution in [0.2, 0.25) is 0 Å². The molecule has 0 aliphatic carbocycles. The third-order valence-electron chi connectivity index (χ3n) is 5.42. The van der Waals surface area contributed by atoms with Gasteiger partial charge in [0.15, 0.2) is 22.1 Å². The third-order valence-corrected chi connectivity index (χ3v) is 8.18. The zero-order chi connectivity index (χ0) is 24.4. The Morgan fingerprint density at radius 1 is 1.23 bits per heavy atom. The molecule has 0 saturated carbocycles. The molecule has 35 heavy (non-hydrogen) atoms. The molecule has 0 unspecified atom stereocenters. The molecule has 1 aromatic carbocycles. The molecule has 4 aromatic rings. The Morgan fingerprint density at radius 2 is 2.11 bits per heavy atom. The predicted octanol–water partition coefficient (Wildman–Crippen LogP) is 1.85. The van der Waals surface area contributed by atoms with E-state index >= 15 is 0 Å². The number of furan rings is 1. The zero-order valence-corrected chi connectivity index (χ0v) is 21.0. The first kappa shape index (κ1) is 24.1. The molecule has 11 nitrogen and oxygen atoms in total. The van der Waals surface area contributed by atoms with E-state index in [-0.39, 0.29) is 6.54 Å². The number of rotatable bonds is 10. The van der Waals surface area contributed by atoms with Crippen molar-refractivity contribution >= 4 is 50.7 Å². The van der Waals surface area contributed by atoms with Crippen molar-refractivity contribution in [2.75, 3.05) is 31.1 Å². The number of anilines is 1. The fourth-order valence-electron chi connectivity index (χ4n) is 3.82. The van der Waals surface area contributed by atoms with Crippen LogP contribution in [0.1, 0.15) is 5.56 Å². The number of hydrogen-bond donors (Lipinski definition) is 4. The van der Waals surface area contributed by atoms with E-state index in [0.29, 0.717) is 36.6 Å². The van der Waals surface area contributed by atoms with Gasteiger partial charge in [0, 0.05) is 47.3 Å². The number of fused-ring (bicyclic) bond motifs is 2. The van der Waals surface area contributed by atoms with Gasteiger partial charge in [-0.05, 0) is 36.2 Å². The lowest BCUT2D eigenvalue weighted by atomic mass is 10.1. The molecule has 14 heteroatoms. The minimum Gasteiger partial charge on any atom is -0.464 e. The van der Waals surface area contributed by atoms with E-state index in [9.17, 15) is 8.42 Å². The summed E-state index contributed by atoms with van der Waals surface area (Å²) in [5, 5.41) is 8.90. The largest absolute Gasteiger partial charge is 0.464 e. The molecular formula is C21H24N8O3S3. The van der Waals surface area contributed by atoms with Crippen molar-refractivity contribution in [3.63, 3.8) is 0 Å². The van der Waals surface area contributed by atoms with Crippen molar-refractivity contribution in [2.24, 2.45) is 5.14 Å². The van der Waals surface area contributed by atoms with Gasteiger partial charge < -0.3 is 20.0 Å². The van der Waals surface area contributed by atoms with Crippen molar-refractivity contribution in [1.82, 2.24) is 29.6 Å². The second-order valence-corrected chi connectivity index (χ2v) is 11.3. The lowest BCUT2D eigenvalue weighted by Crippen LogP contribution is -2.36. The molecule has 0 amide bonds. The number of nitrogens with zero attached hydrogens (tertiary/aromatic N) is 4. The van der Waals surface area contributed by atoms with E-state index in [1.54, 1.807) is 6.26 Å². The summed E-state index contributed by atoms with van der Waals surface area (Å²) < 4.78 is 32.0. The molecule has 4 heterocycles. The molecule has 6 N–H and O–H groups in total. The molecular weight excluding hydrogens is 508 g/mol. The summed E-state index contributed by atoms with van der Waals surface area (Å²) in [7, 11) is -3.71. The third kappa shape index (κ3) is 5.47. The van der Waals surface area contributed by atoms with E-state index in [0.717, 1.165) is 33.5 Å². The number of hydrogen-bond acceptors (Lipinski definition) is 10. The van der Waals surface area contributed by atoms with Crippen LogP contribution >= 0.6 is 23.5 Å². The van der Waals surface area contributed by atoms with Crippen molar-refractivity contribution in [2.45, 2.75) is 27.9 Å². The molecule has 3 aromatic heterocycles. The van der Waals surface area contributed by atoms with Crippen LogP contribution in [0.25, 0.3) is 22.5 Å². The Balaban J connectivity index is 1.43. The summed E-state index contributed by atoms with van der Waals surface area (Å²) >= 11 is 3.39. The average molecular weight is 533 g/mol. The van der Waals surface area contributed by atoms with Gasteiger partial charge in [0.2, 0.25) is 0 Å². The lowest BCUT2D eigenvalue weighted by molar-refractivity contribution is 0.559. The molecule has 0 fully saturated rings. The normalized spacial score (nSPS) is 13.5. The molecule has 1 aliphatic rings. The first-order valence-electron chi connectivity index (χ1n) is 10.9. The van der Waals surface area contributed by atoms with Crippen molar-refractivity contribution in [3.8, 4) is 11.3 Å². The fourth-order valence-corrected chi connectivity index (χ4v) is 6.39. The number of nitrogens with one attached hydrogen (secondary N) is 2. The molecule has 0 atom stereocenters. The van der Waals surface area contributed by atoms with Crippen molar-refractivity contribution in [3.05, 3.63) is 42.4 Å². The van der Waals surface area contributed by atoms with Crippen molar-refractivity contribution < 1.29 is 12.8 Å². The summed E-state index contributed by atoms with van der Waals surface area (Å²) in [4.78, 5) is 15.6. The minimum atomic E-state index is -3.71. The highest BCUT2D eigenvalue weighted by molar-refractivity contribution is 8.00. The van der Waals surface area contributed by atoms with Gasteiger partial charge in [0.25, 0.3) is 10.2 Å². The zero-order valence-electron chi connectivity index (χ0n) is 18.6. The first-order chi connectivity index (χ1) is 16.9. The highest BCUT2D eigenvalue weighted by atomic mass is 32.2. The van der Waals surface area contributed by atoms with Gasteiger partial charge in [-0.1, -0.05) is 11.8 Å². The molecule has 0 saturated heterocycles. The van der Waals surface area contributed by atoms with Gasteiger partial charge in [-0.2, -0.15) is 8.42 Å². The predicted molar refractivity (Wildman–Crippen MR) is 136 cm³/mol. The molecule has 1 aliphatic heterocycles. The Hall–Kier alpha value is -2.62. The second kappa shape index (κ2) is 10.2. The SMILES string of the molecule is Nc1ncnc2c1nc(Sc1cc3c(cc1-c1ccco1)SCC3)n2CCNCCNS(N)(=O)=O. The minimum absolute atomic E-state index is 0.194. The van der Waals surface area contributed by atoms with Crippen LogP contribution in [-0.2, 0) is 23.2 Å². The number of nitrogen functional groups attached to an aromatic ring is 1. The Morgan fingerprint density at radius 3 is 2.91 bits per heavy atom. The van der Waals surface area contributed by atoms with E-state index < -0.39 is 10.2 Å². The van der Waals surface area contributed by atoms with Gasteiger partial charge in [-0.25, -0.2) is 24.8 Å². The Bertz CT molecular complexity index is 1450. The molecule has 0 spiro atoms. The Kier molecular flexibility index (Phi) is 7.00. The summed E-state index contributed by atoms with van der Waals surface area (Å²) in [6.45, 7) is 1.72. The quantitative estimate of drug-likeness (QED) is 0.221. The number of thioether (sulfide) groups is 1. The van der Waals surface area contributed by atoms with Gasteiger partial charge in [0.05, 0.1) is 6.26 Å². The van der Waals surface area contributed by atoms with Crippen LogP contribution in [0.3, 0.4) is 0 Å². The van der Waals surface area contributed by atoms with E-state index in [4.69, 9.17) is 20.3 Å². The lowest BCUT2D eigenvalue weighted by Gasteiger charge is -2.12. The van der Waals surface area contributed by atoms with E-state index in [1.807, 2.05) is 28.5 Å². The second-order valence-electron chi connectivity index (χ2n) is 7.80. The van der Waals surface area contributed by atoms with Crippen LogP contribution in [0.15, 0.2) is 56.2 Å². The molecule has 184 valence electrons.